The lowest BCUT2D eigenvalue weighted by Gasteiger charge is -2.15. The molecule has 0 radical (unpaired) electrons. The standard InChI is InChI=1S/C14H22N4O2/c1-9(2)13(15)14(20)17-8-12(19)16-7-11-6-4-5-10(3)18-11/h4-6,9,13H,7-8,15H2,1-3H3,(H,16,19)(H,17,20)/t13-/m0/s1. The van der Waals surface area contributed by atoms with E-state index in [9.17, 15) is 9.59 Å². The van der Waals surface area contributed by atoms with E-state index in [1.54, 1.807) is 0 Å². The second kappa shape index (κ2) is 7.59. The van der Waals surface area contributed by atoms with Crippen molar-refractivity contribution in [2.45, 2.75) is 33.4 Å². The molecule has 1 heterocycles. The minimum atomic E-state index is -0.596. The SMILES string of the molecule is Cc1cccc(CNC(=O)CNC(=O)[C@@H](N)C(C)C)n1. The van der Waals surface area contributed by atoms with Gasteiger partial charge in [-0.05, 0) is 25.0 Å². The summed E-state index contributed by atoms with van der Waals surface area (Å²) in [6.45, 7) is 5.86. The second-order valence-corrected chi connectivity index (χ2v) is 5.03. The van der Waals surface area contributed by atoms with Gasteiger partial charge in [0, 0.05) is 5.69 Å². The molecule has 1 atom stereocenters. The molecule has 0 aliphatic heterocycles. The van der Waals surface area contributed by atoms with Crippen LogP contribution in [0.5, 0.6) is 0 Å². The van der Waals surface area contributed by atoms with Crippen LogP contribution in [0.4, 0.5) is 0 Å². The van der Waals surface area contributed by atoms with Gasteiger partial charge in [0.25, 0.3) is 0 Å². The van der Waals surface area contributed by atoms with Crippen LogP contribution in [0, 0.1) is 12.8 Å². The largest absolute Gasteiger partial charge is 0.349 e. The average molecular weight is 278 g/mol. The number of hydrogen-bond acceptors (Lipinski definition) is 4. The molecule has 0 spiro atoms. The summed E-state index contributed by atoms with van der Waals surface area (Å²) in [7, 11) is 0. The highest BCUT2D eigenvalue weighted by Gasteiger charge is 2.17. The maximum absolute atomic E-state index is 11.6. The number of carbonyl (C=O) groups excluding carboxylic acids is 2. The predicted molar refractivity (Wildman–Crippen MR) is 76.6 cm³/mol. The Bertz CT molecular complexity index is 474. The van der Waals surface area contributed by atoms with Crippen molar-refractivity contribution in [3.05, 3.63) is 29.6 Å². The Morgan fingerprint density at radius 3 is 2.60 bits per heavy atom. The van der Waals surface area contributed by atoms with E-state index in [1.807, 2.05) is 39.0 Å². The van der Waals surface area contributed by atoms with Crippen LogP contribution in [0.2, 0.25) is 0 Å². The first-order valence-electron chi connectivity index (χ1n) is 6.62. The molecule has 6 nitrogen and oxygen atoms in total. The van der Waals surface area contributed by atoms with Crippen LogP contribution in [0.15, 0.2) is 18.2 Å². The number of nitrogens with one attached hydrogen (secondary N) is 2. The van der Waals surface area contributed by atoms with Gasteiger partial charge >= 0.3 is 0 Å². The number of aromatic nitrogens is 1. The van der Waals surface area contributed by atoms with Crippen molar-refractivity contribution in [1.29, 1.82) is 0 Å². The highest BCUT2D eigenvalue weighted by atomic mass is 16.2. The van der Waals surface area contributed by atoms with Crippen molar-refractivity contribution in [1.82, 2.24) is 15.6 Å². The Morgan fingerprint density at radius 1 is 1.30 bits per heavy atom. The monoisotopic (exact) mass is 278 g/mol. The Morgan fingerprint density at radius 2 is 2.00 bits per heavy atom. The highest BCUT2D eigenvalue weighted by Crippen LogP contribution is 1.98. The number of carbonyl (C=O) groups is 2. The summed E-state index contributed by atoms with van der Waals surface area (Å²) < 4.78 is 0. The molecule has 1 aromatic heterocycles. The van der Waals surface area contributed by atoms with Gasteiger partial charge in [0.05, 0.1) is 24.8 Å². The van der Waals surface area contributed by atoms with Gasteiger partial charge in [-0.3, -0.25) is 14.6 Å². The number of hydrogen-bond donors (Lipinski definition) is 3. The topological polar surface area (TPSA) is 97.1 Å². The molecular formula is C14H22N4O2. The minimum absolute atomic E-state index is 0.0366. The molecule has 0 aliphatic carbocycles. The van der Waals surface area contributed by atoms with E-state index in [0.29, 0.717) is 6.54 Å². The zero-order valence-corrected chi connectivity index (χ0v) is 12.1. The van der Waals surface area contributed by atoms with Crippen LogP contribution < -0.4 is 16.4 Å². The smallest absolute Gasteiger partial charge is 0.239 e. The van der Waals surface area contributed by atoms with E-state index in [-0.39, 0.29) is 24.3 Å². The van der Waals surface area contributed by atoms with E-state index in [2.05, 4.69) is 15.6 Å². The lowest BCUT2D eigenvalue weighted by molar-refractivity contribution is -0.127. The minimum Gasteiger partial charge on any atom is -0.349 e. The molecule has 1 rings (SSSR count). The number of nitrogens with two attached hydrogens (primary N) is 1. The molecule has 6 heteroatoms. The molecule has 0 unspecified atom stereocenters. The van der Waals surface area contributed by atoms with Crippen LogP contribution in [-0.4, -0.2) is 29.4 Å². The summed E-state index contributed by atoms with van der Waals surface area (Å²) in [5.41, 5.74) is 7.35. The predicted octanol–water partition coefficient (Wildman–Crippen LogP) is 0.106. The number of aryl methyl sites for hydroxylation is 1. The summed E-state index contributed by atoms with van der Waals surface area (Å²) in [6, 6.07) is 5.01. The maximum Gasteiger partial charge on any atom is 0.239 e. The fourth-order valence-electron chi connectivity index (χ4n) is 1.54. The molecule has 0 saturated carbocycles. The van der Waals surface area contributed by atoms with Crippen LogP contribution in [0.3, 0.4) is 0 Å². The van der Waals surface area contributed by atoms with E-state index in [1.165, 1.54) is 0 Å². The lowest BCUT2D eigenvalue weighted by Crippen LogP contribution is -2.47. The highest BCUT2D eigenvalue weighted by molar-refractivity contribution is 5.87. The Balaban J connectivity index is 2.32. The van der Waals surface area contributed by atoms with Gasteiger partial charge in [-0.15, -0.1) is 0 Å². The van der Waals surface area contributed by atoms with Crippen molar-refractivity contribution >= 4 is 11.8 Å². The van der Waals surface area contributed by atoms with Gasteiger partial charge in [0.1, 0.15) is 0 Å². The normalized spacial score (nSPS) is 12.1. The summed E-state index contributed by atoms with van der Waals surface area (Å²) >= 11 is 0. The average Bonchev–Trinajstić information content (AvgIpc) is 2.41. The van der Waals surface area contributed by atoms with Crippen molar-refractivity contribution in [3.63, 3.8) is 0 Å². The van der Waals surface area contributed by atoms with Gasteiger partial charge in [-0.1, -0.05) is 19.9 Å². The molecule has 0 aliphatic rings. The summed E-state index contributed by atoms with van der Waals surface area (Å²) in [6.07, 6.45) is 0. The molecule has 2 amide bonds. The first-order valence-corrected chi connectivity index (χ1v) is 6.62. The first kappa shape index (κ1) is 16.1. The molecule has 0 saturated heterocycles. The van der Waals surface area contributed by atoms with Crippen molar-refractivity contribution < 1.29 is 9.59 Å². The molecule has 0 bridgehead atoms. The maximum atomic E-state index is 11.6. The fourth-order valence-corrected chi connectivity index (χ4v) is 1.54. The second-order valence-electron chi connectivity index (χ2n) is 5.03. The zero-order chi connectivity index (χ0) is 15.1. The van der Waals surface area contributed by atoms with E-state index in [4.69, 9.17) is 5.73 Å². The molecular weight excluding hydrogens is 256 g/mol. The zero-order valence-electron chi connectivity index (χ0n) is 12.1. The van der Waals surface area contributed by atoms with Gasteiger partial charge in [0.2, 0.25) is 11.8 Å². The molecule has 0 fully saturated rings. The number of amides is 2. The molecule has 4 N–H and O–H groups in total. The Hall–Kier alpha value is -1.95. The molecule has 0 aromatic carbocycles. The summed E-state index contributed by atoms with van der Waals surface area (Å²) in [4.78, 5) is 27.5. The van der Waals surface area contributed by atoms with E-state index < -0.39 is 6.04 Å². The third-order valence-electron chi connectivity index (χ3n) is 2.86. The summed E-state index contributed by atoms with van der Waals surface area (Å²) in [5.74, 6) is -0.545. The van der Waals surface area contributed by atoms with E-state index in [0.717, 1.165) is 11.4 Å². The molecule has 110 valence electrons. The fraction of sp³-hybridized carbons (Fsp3) is 0.500. The lowest BCUT2D eigenvalue weighted by atomic mass is 10.1. The Kier molecular flexibility index (Phi) is 6.11. The van der Waals surface area contributed by atoms with Gasteiger partial charge < -0.3 is 16.4 Å². The number of nitrogens with zero attached hydrogens (tertiary/aromatic N) is 1. The Labute approximate surface area is 119 Å². The van der Waals surface area contributed by atoms with Crippen molar-refractivity contribution in [2.24, 2.45) is 11.7 Å². The number of rotatable bonds is 6. The molecule has 1 aromatic rings. The first-order chi connectivity index (χ1) is 9.40. The van der Waals surface area contributed by atoms with Crippen LogP contribution >= 0.6 is 0 Å². The van der Waals surface area contributed by atoms with Gasteiger partial charge in [0.15, 0.2) is 0 Å². The number of pyridine rings is 1. The summed E-state index contributed by atoms with van der Waals surface area (Å²) in [5, 5.41) is 5.21. The van der Waals surface area contributed by atoms with Crippen LogP contribution in [-0.2, 0) is 16.1 Å². The van der Waals surface area contributed by atoms with Crippen LogP contribution in [0.1, 0.15) is 25.2 Å². The van der Waals surface area contributed by atoms with Gasteiger partial charge in [-0.25, -0.2) is 0 Å². The third-order valence-corrected chi connectivity index (χ3v) is 2.86. The molecule has 20 heavy (non-hydrogen) atoms. The van der Waals surface area contributed by atoms with Crippen molar-refractivity contribution in [2.75, 3.05) is 6.54 Å². The van der Waals surface area contributed by atoms with E-state index >= 15 is 0 Å². The van der Waals surface area contributed by atoms with Gasteiger partial charge in [-0.2, -0.15) is 0 Å². The third kappa shape index (κ3) is 5.36. The van der Waals surface area contributed by atoms with Crippen LogP contribution in [0.25, 0.3) is 0 Å². The van der Waals surface area contributed by atoms with Crippen molar-refractivity contribution in [3.8, 4) is 0 Å². The quantitative estimate of drug-likeness (QED) is 0.688.